The van der Waals surface area contributed by atoms with Gasteiger partial charge in [0.1, 0.15) is 0 Å². The molecule has 1 fully saturated rings. The van der Waals surface area contributed by atoms with E-state index >= 15 is 0 Å². The first-order valence-electron chi connectivity index (χ1n) is 8.24. The third-order valence-electron chi connectivity index (χ3n) is 3.67. The minimum absolute atomic E-state index is 0. The van der Waals surface area contributed by atoms with Crippen molar-refractivity contribution >= 4 is 51.7 Å². The van der Waals surface area contributed by atoms with E-state index in [1.54, 1.807) is 29.0 Å². The Morgan fingerprint density at radius 2 is 1.85 bits per heavy atom. The normalized spacial score (nSPS) is 11.8. The molecule has 2 aromatic carbocycles. The molecule has 1 heterocycles. The summed E-state index contributed by atoms with van der Waals surface area (Å²) in [5.74, 6) is 1.08. The Hall–Kier alpha value is -2.51. The molecule has 0 bridgehead atoms. The predicted molar refractivity (Wildman–Crippen MR) is 113 cm³/mol. The summed E-state index contributed by atoms with van der Waals surface area (Å²) in [5.41, 5.74) is 4.74. The van der Waals surface area contributed by atoms with E-state index < -0.39 is 4.92 Å². The van der Waals surface area contributed by atoms with Gasteiger partial charge in [-0.15, -0.1) is 23.7 Å². The highest BCUT2D eigenvalue weighted by Gasteiger charge is 2.12. The topological polar surface area (TPSA) is 85.1 Å². The molecule has 0 radical (unpaired) electrons. The van der Waals surface area contributed by atoms with Crippen molar-refractivity contribution in [1.82, 2.24) is 4.98 Å². The Kier molecular flexibility index (Phi) is 9.39. The number of benzene rings is 2. The number of carbonyl (C=O) groups excluding carboxylic acids is 1. The number of aromatic nitrogens is 1. The lowest BCUT2D eigenvalue weighted by atomic mass is 10.2. The van der Waals surface area contributed by atoms with Crippen molar-refractivity contribution in [2.75, 3.05) is 5.32 Å². The standard InChI is InChI=1S/C8H6N2OS.C7H7NO2.C4H8.ClH/c11-4-9-6-1-2-7-8(3-6)12-5-10-7;1-6-2-4-7(5-3-6)8(9)10;1-4-2-3-4;/h1-5H,(H,9,11);2-5H,1H3;4H,2-3H2,1H3;1H. The van der Waals surface area contributed by atoms with E-state index in [4.69, 9.17) is 0 Å². The maximum absolute atomic E-state index is 10.1. The molecule has 3 aromatic rings. The van der Waals surface area contributed by atoms with Crippen LogP contribution in [0.5, 0.6) is 0 Å². The van der Waals surface area contributed by atoms with Gasteiger partial charge in [0.25, 0.3) is 5.69 Å². The number of non-ortho nitro benzene ring substituents is 1. The van der Waals surface area contributed by atoms with Gasteiger partial charge in [0.2, 0.25) is 6.41 Å². The molecule has 1 aliphatic carbocycles. The predicted octanol–water partition coefficient (Wildman–Crippen LogP) is 5.61. The van der Waals surface area contributed by atoms with Gasteiger partial charge in [0.15, 0.2) is 0 Å². The highest BCUT2D eigenvalue weighted by Crippen LogP contribution is 2.26. The highest BCUT2D eigenvalue weighted by atomic mass is 35.5. The number of hydrogen-bond donors (Lipinski definition) is 1. The summed E-state index contributed by atoms with van der Waals surface area (Å²) < 4.78 is 1.09. The fraction of sp³-hybridized carbons (Fsp3) is 0.263. The van der Waals surface area contributed by atoms with Gasteiger partial charge in [0, 0.05) is 17.8 Å². The van der Waals surface area contributed by atoms with Crippen molar-refractivity contribution in [1.29, 1.82) is 0 Å². The number of fused-ring (bicyclic) bond motifs is 1. The van der Waals surface area contributed by atoms with E-state index in [0.717, 1.165) is 27.4 Å². The largest absolute Gasteiger partial charge is 0.329 e. The quantitative estimate of drug-likeness (QED) is 0.347. The molecule has 27 heavy (non-hydrogen) atoms. The zero-order valence-electron chi connectivity index (χ0n) is 15.1. The molecule has 8 heteroatoms. The SMILES string of the molecule is CC1CC1.Cc1ccc([N+](=O)[O-])cc1.Cl.O=CNc1ccc2ncsc2c1. The number of aryl methyl sites for hydroxylation is 1. The Labute approximate surface area is 168 Å². The molecule has 1 amide bonds. The van der Waals surface area contributed by atoms with Crippen molar-refractivity contribution in [2.24, 2.45) is 5.92 Å². The molecule has 0 spiro atoms. The van der Waals surface area contributed by atoms with Gasteiger partial charge in [-0.25, -0.2) is 4.98 Å². The number of amides is 1. The molecule has 0 atom stereocenters. The van der Waals surface area contributed by atoms with Gasteiger partial charge in [-0.05, 0) is 31.0 Å². The molecule has 0 unspecified atom stereocenters. The molecule has 4 rings (SSSR count). The van der Waals surface area contributed by atoms with Gasteiger partial charge in [0.05, 0.1) is 20.7 Å². The van der Waals surface area contributed by atoms with Crippen molar-refractivity contribution in [3.05, 3.63) is 63.7 Å². The highest BCUT2D eigenvalue weighted by molar-refractivity contribution is 7.16. The molecule has 1 N–H and O–H groups in total. The Morgan fingerprint density at radius 1 is 1.22 bits per heavy atom. The van der Waals surface area contributed by atoms with Gasteiger partial charge < -0.3 is 5.32 Å². The van der Waals surface area contributed by atoms with Gasteiger partial charge >= 0.3 is 0 Å². The number of nitrogens with one attached hydrogen (secondary N) is 1. The summed E-state index contributed by atoms with van der Waals surface area (Å²) in [5, 5.41) is 12.7. The summed E-state index contributed by atoms with van der Waals surface area (Å²) in [6.07, 6.45) is 3.64. The first-order valence-corrected chi connectivity index (χ1v) is 9.12. The minimum atomic E-state index is -0.403. The second-order valence-corrected chi connectivity index (χ2v) is 6.96. The number of thiazole rings is 1. The van der Waals surface area contributed by atoms with E-state index in [2.05, 4.69) is 17.2 Å². The first kappa shape index (κ1) is 22.5. The number of hydrogen-bond acceptors (Lipinski definition) is 5. The summed E-state index contributed by atoms with van der Waals surface area (Å²) in [4.78, 5) is 24.0. The molecule has 1 aliphatic rings. The maximum Gasteiger partial charge on any atom is 0.269 e. The number of nitro groups is 1. The lowest BCUT2D eigenvalue weighted by Gasteiger charge is -1.95. The maximum atomic E-state index is 10.1. The minimum Gasteiger partial charge on any atom is -0.329 e. The third kappa shape index (κ3) is 8.15. The first-order chi connectivity index (χ1) is 12.5. The van der Waals surface area contributed by atoms with E-state index in [1.807, 2.05) is 25.1 Å². The number of rotatable bonds is 3. The van der Waals surface area contributed by atoms with Crippen LogP contribution in [-0.2, 0) is 4.79 Å². The summed E-state index contributed by atoms with van der Waals surface area (Å²) in [7, 11) is 0. The van der Waals surface area contributed by atoms with Crippen LogP contribution < -0.4 is 5.32 Å². The third-order valence-corrected chi connectivity index (χ3v) is 4.46. The monoisotopic (exact) mass is 407 g/mol. The zero-order valence-corrected chi connectivity index (χ0v) is 16.8. The van der Waals surface area contributed by atoms with Crippen LogP contribution in [0.4, 0.5) is 11.4 Å². The van der Waals surface area contributed by atoms with Crippen LogP contribution in [0.1, 0.15) is 25.3 Å². The fourth-order valence-corrected chi connectivity index (χ4v) is 2.56. The molecule has 1 aromatic heterocycles. The second-order valence-electron chi connectivity index (χ2n) is 6.07. The molecule has 1 saturated carbocycles. The van der Waals surface area contributed by atoms with Gasteiger partial charge in [-0.3, -0.25) is 14.9 Å². The van der Waals surface area contributed by atoms with E-state index in [9.17, 15) is 14.9 Å². The van der Waals surface area contributed by atoms with Crippen molar-refractivity contribution in [3.63, 3.8) is 0 Å². The van der Waals surface area contributed by atoms with Crippen LogP contribution in [-0.4, -0.2) is 16.3 Å². The average Bonchev–Trinajstić information content (AvgIpc) is 3.26. The average molecular weight is 408 g/mol. The number of nitrogens with zero attached hydrogens (tertiary/aromatic N) is 2. The van der Waals surface area contributed by atoms with Crippen molar-refractivity contribution in [3.8, 4) is 0 Å². The lowest BCUT2D eigenvalue weighted by molar-refractivity contribution is -0.384. The molecule has 0 aliphatic heterocycles. The Bertz CT molecular complexity index is 864. The van der Waals surface area contributed by atoms with Crippen LogP contribution in [0.2, 0.25) is 0 Å². The number of nitro benzene ring substituents is 1. The van der Waals surface area contributed by atoms with Gasteiger partial charge in [-0.1, -0.05) is 37.5 Å². The smallest absolute Gasteiger partial charge is 0.269 e. The molecular formula is C19H22ClN3O3S. The molecular weight excluding hydrogens is 386 g/mol. The zero-order chi connectivity index (χ0) is 18.9. The lowest BCUT2D eigenvalue weighted by Crippen LogP contribution is -1.92. The van der Waals surface area contributed by atoms with Crippen LogP contribution in [0.15, 0.2) is 48.0 Å². The van der Waals surface area contributed by atoms with Crippen LogP contribution >= 0.6 is 23.7 Å². The van der Waals surface area contributed by atoms with Crippen LogP contribution in [0, 0.1) is 23.0 Å². The number of carbonyl (C=O) groups is 1. The Morgan fingerprint density at radius 3 is 2.37 bits per heavy atom. The van der Waals surface area contributed by atoms with Crippen LogP contribution in [0.3, 0.4) is 0 Å². The van der Waals surface area contributed by atoms with Crippen molar-refractivity contribution in [2.45, 2.75) is 26.7 Å². The summed E-state index contributed by atoms with van der Waals surface area (Å²) in [6.45, 7) is 4.17. The van der Waals surface area contributed by atoms with E-state index in [-0.39, 0.29) is 18.1 Å². The number of halogens is 1. The fourth-order valence-electron chi connectivity index (χ4n) is 1.85. The second kappa shape index (κ2) is 11.3. The summed E-state index contributed by atoms with van der Waals surface area (Å²) >= 11 is 1.56. The Balaban J connectivity index is 0.000000220. The van der Waals surface area contributed by atoms with Crippen LogP contribution in [0.25, 0.3) is 10.2 Å². The molecule has 144 valence electrons. The summed E-state index contributed by atoms with van der Waals surface area (Å²) in [6, 6.07) is 12.1. The molecule has 6 nitrogen and oxygen atoms in total. The number of anilines is 1. The van der Waals surface area contributed by atoms with Gasteiger partial charge in [-0.2, -0.15) is 0 Å². The van der Waals surface area contributed by atoms with E-state index in [1.165, 1.54) is 25.0 Å². The van der Waals surface area contributed by atoms with E-state index in [0.29, 0.717) is 6.41 Å². The van der Waals surface area contributed by atoms with Crippen molar-refractivity contribution < 1.29 is 9.72 Å². The molecule has 0 saturated heterocycles.